The Morgan fingerprint density at radius 2 is 1.90 bits per heavy atom. The van der Waals surface area contributed by atoms with Gasteiger partial charge in [-0.3, -0.25) is 0 Å². The molecule has 0 aliphatic carbocycles. The minimum atomic E-state index is -0.560. The number of hydrogen-bond donors (Lipinski definition) is 0. The van der Waals surface area contributed by atoms with E-state index in [0.717, 1.165) is 37.2 Å². The third kappa shape index (κ3) is 6.43. The van der Waals surface area contributed by atoms with Gasteiger partial charge in [0, 0.05) is 0 Å². The van der Waals surface area contributed by atoms with Crippen LogP contribution in [0.15, 0.2) is 0 Å². The van der Waals surface area contributed by atoms with Crippen LogP contribution < -0.4 is 0 Å². The highest BCUT2D eigenvalue weighted by Gasteiger charge is 2.02. The van der Waals surface area contributed by atoms with E-state index in [1.807, 2.05) is 0 Å². The Morgan fingerprint density at radius 1 is 1.30 bits per heavy atom. The Kier molecular flexibility index (Phi) is 7.65. The molecule has 1 atom stereocenters. The fourth-order valence-electron chi connectivity index (χ4n) is 0.670. The van der Waals surface area contributed by atoms with E-state index in [1.165, 1.54) is 0 Å². The van der Waals surface area contributed by atoms with Crippen LogP contribution in [-0.4, -0.2) is 16.1 Å². The number of rotatable bonds is 6. The SMILES string of the molecule is [CH2]CCC[S+]([O-])CCCC. The maximum absolute atomic E-state index is 11.0. The average Bonchev–Trinajstić information content (AvgIpc) is 1.97. The normalized spacial score (nSPS) is 10.8. The third-order valence-electron chi connectivity index (χ3n) is 1.35. The van der Waals surface area contributed by atoms with Crippen molar-refractivity contribution >= 4 is 11.2 Å². The lowest BCUT2D eigenvalue weighted by Gasteiger charge is -2.08. The van der Waals surface area contributed by atoms with E-state index >= 15 is 0 Å². The van der Waals surface area contributed by atoms with Crippen LogP contribution >= 0.6 is 0 Å². The Hall–Kier alpha value is 0.310. The first-order valence-electron chi connectivity index (χ1n) is 3.95. The second-order valence-electron chi connectivity index (χ2n) is 2.41. The van der Waals surface area contributed by atoms with Gasteiger partial charge in [0.25, 0.3) is 0 Å². The van der Waals surface area contributed by atoms with Crippen LogP contribution in [0.2, 0.25) is 0 Å². The van der Waals surface area contributed by atoms with E-state index < -0.39 is 11.2 Å². The molecule has 10 heavy (non-hydrogen) atoms. The van der Waals surface area contributed by atoms with Gasteiger partial charge < -0.3 is 4.55 Å². The molecule has 0 aliphatic rings. The van der Waals surface area contributed by atoms with E-state index in [1.54, 1.807) is 0 Å². The van der Waals surface area contributed by atoms with Crippen molar-refractivity contribution in [2.45, 2.75) is 32.6 Å². The van der Waals surface area contributed by atoms with Crippen molar-refractivity contribution < 1.29 is 4.55 Å². The summed E-state index contributed by atoms with van der Waals surface area (Å²) in [5.41, 5.74) is 0. The van der Waals surface area contributed by atoms with Crippen LogP contribution in [0, 0.1) is 6.92 Å². The molecule has 0 N–H and O–H groups in total. The summed E-state index contributed by atoms with van der Waals surface area (Å²) in [6.45, 7) is 5.83. The maximum Gasteiger partial charge on any atom is 0.105 e. The summed E-state index contributed by atoms with van der Waals surface area (Å²) in [6.07, 6.45) is 4.17. The Balaban J connectivity index is 3.00. The van der Waals surface area contributed by atoms with E-state index in [-0.39, 0.29) is 0 Å². The molecule has 1 radical (unpaired) electrons. The Labute approximate surface area is 67.4 Å². The highest BCUT2D eigenvalue weighted by Crippen LogP contribution is 2.00. The van der Waals surface area contributed by atoms with Crippen LogP contribution in [0.3, 0.4) is 0 Å². The van der Waals surface area contributed by atoms with Gasteiger partial charge in [-0.1, -0.05) is 31.4 Å². The quantitative estimate of drug-likeness (QED) is 0.547. The van der Waals surface area contributed by atoms with Gasteiger partial charge in [-0.15, -0.1) is 0 Å². The molecule has 0 aromatic rings. The lowest BCUT2D eigenvalue weighted by atomic mass is 10.4. The summed E-state index contributed by atoms with van der Waals surface area (Å²) >= 11 is -0.560. The fraction of sp³-hybridized carbons (Fsp3) is 0.875. The first-order valence-corrected chi connectivity index (χ1v) is 5.44. The van der Waals surface area contributed by atoms with Crippen LogP contribution in [-0.2, 0) is 11.2 Å². The third-order valence-corrected chi connectivity index (χ3v) is 2.84. The maximum atomic E-state index is 11.0. The minimum absolute atomic E-state index is 0.560. The predicted molar refractivity (Wildman–Crippen MR) is 47.4 cm³/mol. The van der Waals surface area contributed by atoms with Crippen molar-refractivity contribution in [3.8, 4) is 0 Å². The van der Waals surface area contributed by atoms with E-state index in [4.69, 9.17) is 0 Å². The average molecular weight is 161 g/mol. The van der Waals surface area contributed by atoms with Crippen LogP contribution in [0.25, 0.3) is 0 Å². The predicted octanol–water partition coefficient (Wildman–Crippen LogP) is 2.15. The van der Waals surface area contributed by atoms with Crippen molar-refractivity contribution in [2.75, 3.05) is 11.5 Å². The molecule has 0 aromatic heterocycles. The molecule has 0 fully saturated rings. The van der Waals surface area contributed by atoms with Crippen molar-refractivity contribution in [2.24, 2.45) is 0 Å². The van der Waals surface area contributed by atoms with Gasteiger partial charge in [-0.2, -0.15) is 0 Å². The molecule has 0 saturated carbocycles. The zero-order valence-corrected chi connectivity index (χ0v) is 7.58. The summed E-state index contributed by atoms with van der Waals surface area (Å²) in [5.74, 6) is 1.74. The van der Waals surface area contributed by atoms with Crippen LogP contribution in [0.1, 0.15) is 32.6 Å². The van der Waals surface area contributed by atoms with E-state index in [9.17, 15) is 4.55 Å². The first kappa shape index (κ1) is 10.3. The Morgan fingerprint density at radius 3 is 2.40 bits per heavy atom. The molecule has 0 aromatic carbocycles. The van der Waals surface area contributed by atoms with E-state index in [0.29, 0.717) is 0 Å². The van der Waals surface area contributed by atoms with Crippen molar-refractivity contribution in [1.29, 1.82) is 0 Å². The summed E-state index contributed by atoms with van der Waals surface area (Å²) in [4.78, 5) is 0. The van der Waals surface area contributed by atoms with Crippen LogP contribution in [0.4, 0.5) is 0 Å². The van der Waals surface area contributed by atoms with Gasteiger partial charge in [0.2, 0.25) is 0 Å². The van der Waals surface area contributed by atoms with Crippen molar-refractivity contribution in [3.63, 3.8) is 0 Å². The number of hydrogen-bond acceptors (Lipinski definition) is 1. The molecular formula is C8H17OS. The zero-order valence-electron chi connectivity index (χ0n) is 6.77. The lowest BCUT2D eigenvalue weighted by molar-refractivity contribution is 0.589. The summed E-state index contributed by atoms with van der Waals surface area (Å²) in [7, 11) is 0. The van der Waals surface area contributed by atoms with Gasteiger partial charge >= 0.3 is 0 Å². The Bertz CT molecular complexity index is 58.3. The molecule has 1 nitrogen and oxygen atoms in total. The smallest absolute Gasteiger partial charge is 0.105 e. The van der Waals surface area contributed by atoms with Gasteiger partial charge in [-0.05, 0) is 19.3 Å². The molecular weight excluding hydrogens is 144 g/mol. The first-order chi connectivity index (χ1) is 4.81. The summed E-state index contributed by atoms with van der Waals surface area (Å²) in [5, 5.41) is 0. The second kappa shape index (κ2) is 7.42. The summed E-state index contributed by atoms with van der Waals surface area (Å²) in [6, 6.07) is 0. The number of unbranched alkanes of at least 4 members (excludes halogenated alkanes) is 2. The summed E-state index contributed by atoms with van der Waals surface area (Å²) < 4.78 is 11.0. The van der Waals surface area contributed by atoms with Gasteiger partial charge in [-0.25, -0.2) is 0 Å². The molecule has 0 heterocycles. The van der Waals surface area contributed by atoms with Crippen molar-refractivity contribution in [3.05, 3.63) is 6.92 Å². The largest absolute Gasteiger partial charge is 0.616 e. The zero-order chi connectivity index (χ0) is 7.82. The molecule has 0 bridgehead atoms. The topological polar surface area (TPSA) is 23.1 Å². The molecule has 1 unspecified atom stereocenters. The second-order valence-corrected chi connectivity index (χ2v) is 4.10. The van der Waals surface area contributed by atoms with E-state index in [2.05, 4.69) is 13.8 Å². The molecule has 0 aliphatic heterocycles. The molecule has 2 heteroatoms. The molecule has 0 spiro atoms. The molecule has 61 valence electrons. The minimum Gasteiger partial charge on any atom is -0.616 e. The van der Waals surface area contributed by atoms with Gasteiger partial charge in [0.1, 0.15) is 11.5 Å². The van der Waals surface area contributed by atoms with Gasteiger partial charge in [0.15, 0.2) is 0 Å². The highest BCUT2D eigenvalue weighted by molar-refractivity contribution is 7.91. The fourth-order valence-corrected chi connectivity index (χ4v) is 2.01. The monoisotopic (exact) mass is 161 g/mol. The molecule has 0 saturated heterocycles. The van der Waals surface area contributed by atoms with Crippen LogP contribution in [0.5, 0.6) is 0 Å². The van der Waals surface area contributed by atoms with Crippen molar-refractivity contribution in [1.82, 2.24) is 0 Å². The molecule has 0 rings (SSSR count). The molecule has 0 amide bonds. The standard InChI is InChI=1S/C8H17OS/c1-3-5-7-10(9)8-6-4-2/h1,3-8H2,2H3. The lowest BCUT2D eigenvalue weighted by Crippen LogP contribution is -2.10. The highest BCUT2D eigenvalue weighted by atomic mass is 32.2. The van der Waals surface area contributed by atoms with Gasteiger partial charge in [0.05, 0.1) is 0 Å².